The number of alkyl halides is 1. The van der Waals surface area contributed by atoms with Gasteiger partial charge in [0.1, 0.15) is 4.87 Å². The van der Waals surface area contributed by atoms with Crippen molar-refractivity contribution in [3.63, 3.8) is 0 Å². The SMILES string of the molecule is Clc1ccccc1C(Cl)(c1ccccc1)c1ccc(C2CCCCCC[C@H]3CC3C2)cc1. The molecule has 3 aromatic rings. The Morgan fingerprint density at radius 3 is 2.03 bits per heavy atom. The Labute approximate surface area is 203 Å². The molecule has 0 N–H and O–H groups in total. The fourth-order valence-corrected chi connectivity index (χ4v) is 6.50. The van der Waals surface area contributed by atoms with Gasteiger partial charge in [-0.05, 0) is 59.8 Å². The Balaban J connectivity index is 1.48. The second kappa shape index (κ2) is 9.62. The minimum Gasteiger partial charge on any atom is -0.103 e. The number of hydrogen-bond donors (Lipinski definition) is 0. The van der Waals surface area contributed by atoms with Crippen LogP contribution >= 0.6 is 23.2 Å². The largest absolute Gasteiger partial charge is 0.121 e. The Morgan fingerprint density at radius 2 is 1.28 bits per heavy atom. The van der Waals surface area contributed by atoms with Crippen molar-refractivity contribution in [2.75, 3.05) is 0 Å². The standard InChI is InChI=1S/C30H32Cl2/c31-29-15-9-8-14-28(29)30(32,26-12-6-3-7-13-26)27-18-16-22(17-19-27)23-10-4-1-2-5-11-24-21-25(24)20-23/h3,6-9,12-19,23-25H,1-2,4-5,10-11,20-21H2/t23?,24-,25?,30?/m0/s1. The van der Waals surface area contributed by atoms with E-state index in [4.69, 9.17) is 23.2 Å². The first-order valence-corrected chi connectivity index (χ1v) is 13.0. The highest BCUT2D eigenvalue weighted by Gasteiger charge is 2.39. The van der Waals surface area contributed by atoms with Crippen LogP contribution in [0.25, 0.3) is 0 Å². The molecule has 0 spiro atoms. The van der Waals surface area contributed by atoms with Gasteiger partial charge in [-0.2, -0.15) is 0 Å². The number of hydrogen-bond acceptors (Lipinski definition) is 0. The summed E-state index contributed by atoms with van der Waals surface area (Å²) in [7, 11) is 0. The van der Waals surface area contributed by atoms with E-state index in [0.717, 1.165) is 28.5 Å². The lowest BCUT2D eigenvalue weighted by Crippen LogP contribution is -2.23. The number of halogens is 2. The monoisotopic (exact) mass is 462 g/mol. The Bertz CT molecular complexity index is 1030. The van der Waals surface area contributed by atoms with Crippen molar-refractivity contribution in [2.24, 2.45) is 11.8 Å². The maximum absolute atomic E-state index is 7.49. The molecule has 0 bridgehead atoms. The summed E-state index contributed by atoms with van der Waals surface area (Å²) in [5.74, 6) is 2.64. The van der Waals surface area contributed by atoms with Crippen LogP contribution in [0.2, 0.25) is 5.02 Å². The molecular formula is C30H32Cl2. The van der Waals surface area contributed by atoms with E-state index in [1.54, 1.807) is 0 Å². The van der Waals surface area contributed by atoms with E-state index in [-0.39, 0.29) is 0 Å². The van der Waals surface area contributed by atoms with E-state index in [1.165, 1.54) is 56.9 Å². The molecule has 0 saturated heterocycles. The number of benzene rings is 3. The van der Waals surface area contributed by atoms with Crippen molar-refractivity contribution in [3.05, 3.63) is 106 Å². The van der Waals surface area contributed by atoms with Crippen molar-refractivity contribution >= 4 is 23.2 Å². The van der Waals surface area contributed by atoms with Gasteiger partial charge < -0.3 is 0 Å². The maximum Gasteiger partial charge on any atom is 0.121 e. The lowest BCUT2D eigenvalue weighted by atomic mass is 9.82. The molecule has 2 heteroatoms. The molecule has 3 aromatic carbocycles. The van der Waals surface area contributed by atoms with Crippen LogP contribution in [-0.4, -0.2) is 0 Å². The third-order valence-corrected chi connectivity index (χ3v) is 8.70. The zero-order valence-corrected chi connectivity index (χ0v) is 20.2. The predicted molar refractivity (Wildman–Crippen MR) is 137 cm³/mol. The fraction of sp³-hybridized carbons (Fsp3) is 0.400. The van der Waals surface area contributed by atoms with E-state index < -0.39 is 4.87 Å². The molecule has 0 heterocycles. The molecule has 0 aromatic heterocycles. The van der Waals surface area contributed by atoms with Gasteiger partial charge >= 0.3 is 0 Å². The summed E-state index contributed by atoms with van der Waals surface area (Å²) < 4.78 is 0. The van der Waals surface area contributed by atoms with Crippen LogP contribution in [0, 0.1) is 11.8 Å². The fourth-order valence-electron chi connectivity index (χ4n) is 5.76. The topological polar surface area (TPSA) is 0 Å². The molecule has 2 aliphatic rings. The van der Waals surface area contributed by atoms with E-state index >= 15 is 0 Å². The molecule has 0 radical (unpaired) electrons. The summed E-state index contributed by atoms with van der Waals surface area (Å²) in [5, 5.41) is 0.697. The molecule has 166 valence electrons. The van der Waals surface area contributed by atoms with Gasteiger partial charge in [0.2, 0.25) is 0 Å². The molecular weight excluding hydrogens is 431 g/mol. The predicted octanol–water partition coefficient (Wildman–Crippen LogP) is 9.33. The normalized spacial score (nSPS) is 25.4. The van der Waals surface area contributed by atoms with Crippen molar-refractivity contribution in [1.82, 2.24) is 0 Å². The van der Waals surface area contributed by atoms with Gasteiger partial charge in [0.05, 0.1) is 0 Å². The highest BCUT2D eigenvalue weighted by atomic mass is 35.5. The molecule has 3 unspecified atom stereocenters. The van der Waals surface area contributed by atoms with Gasteiger partial charge in [0.15, 0.2) is 0 Å². The zero-order chi connectivity index (χ0) is 22.0. The van der Waals surface area contributed by atoms with E-state index in [0.29, 0.717) is 10.9 Å². The molecule has 0 aliphatic heterocycles. The average molecular weight is 463 g/mol. The van der Waals surface area contributed by atoms with E-state index in [1.807, 2.05) is 42.5 Å². The Hall–Kier alpha value is -1.76. The van der Waals surface area contributed by atoms with Crippen LogP contribution in [0.5, 0.6) is 0 Å². The summed E-state index contributed by atoms with van der Waals surface area (Å²) >= 11 is 14.2. The molecule has 2 fully saturated rings. The van der Waals surface area contributed by atoms with Crippen molar-refractivity contribution in [3.8, 4) is 0 Å². The molecule has 0 nitrogen and oxygen atoms in total. The second-order valence-corrected chi connectivity index (χ2v) is 10.8. The van der Waals surface area contributed by atoms with E-state index in [2.05, 4.69) is 36.4 Å². The lowest BCUT2D eigenvalue weighted by molar-refractivity contribution is 0.449. The van der Waals surface area contributed by atoms with Gasteiger partial charge in [-0.15, -0.1) is 11.6 Å². The number of fused-ring (bicyclic) bond motifs is 1. The minimum atomic E-state index is -0.809. The van der Waals surface area contributed by atoms with Crippen LogP contribution in [-0.2, 0) is 4.87 Å². The van der Waals surface area contributed by atoms with Gasteiger partial charge in [0, 0.05) is 10.6 Å². The maximum atomic E-state index is 7.49. The molecule has 5 rings (SSSR count). The molecule has 2 aliphatic carbocycles. The van der Waals surface area contributed by atoms with Gasteiger partial charge in [-0.25, -0.2) is 0 Å². The third-order valence-electron chi connectivity index (χ3n) is 7.73. The van der Waals surface area contributed by atoms with Crippen LogP contribution < -0.4 is 0 Å². The summed E-state index contributed by atoms with van der Waals surface area (Å²) in [6.45, 7) is 0. The molecule has 32 heavy (non-hydrogen) atoms. The first-order valence-electron chi connectivity index (χ1n) is 12.3. The lowest BCUT2D eigenvalue weighted by Gasteiger charge is -2.30. The molecule has 2 saturated carbocycles. The zero-order valence-electron chi connectivity index (χ0n) is 18.7. The number of rotatable bonds is 4. The summed E-state index contributed by atoms with van der Waals surface area (Å²) in [6, 6.07) is 27.4. The quantitative estimate of drug-likeness (QED) is 0.267. The Morgan fingerprint density at radius 1 is 0.625 bits per heavy atom. The van der Waals surface area contributed by atoms with Crippen molar-refractivity contribution < 1.29 is 0 Å². The summed E-state index contributed by atoms with van der Waals surface area (Å²) in [5.41, 5.74) is 4.53. The van der Waals surface area contributed by atoms with Crippen molar-refractivity contribution in [2.45, 2.75) is 62.2 Å². The smallest absolute Gasteiger partial charge is 0.103 e. The first kappa shape index (κ1) is 22.1. The van der Waals surface area contributed by atoms with Crippen LogP contribution in [0.1, 0.15) is 79.5 Å². The molecule has 4 atom stereocenters. The van der Waals surface area contributed by atoms with Gasteiger partial charge in [-0.1, -0.05) is 117 Å². The third kappa shape index (κ3) is 4.50. The van der Waals surface area contributed by atoms with Crippen molar-refractivity contribution in [1.29, 1.82) is 0 Å². The Kier molecular flexibility index (Phi) is 6.63. The summed E-state index contributed by atoms with van der Waals surface area (Å²) in [4.78, 5) is -0.809. The molecule has 0 amide bonds. The summed E-state index contributed by atoms with van der Waals surface area (Å²) in [6.07, 6.45) is 11.2. The van der Waals surface area contributed by atoms with Gasteiger partial charge in [0.25, 0.3) is 0 Å². The first-order chi connectivity index (χ1) is 15.7. The highest BCUT2D eigenvalue weighted by Crippen LogP contribution is 2.50. The van der Waals surface area contributed by atoms with Gasteiger partial charge in [-0.3, -0.25) is 0 Å². The second-order valence-electron chi connectivity index (χ2n) is 9.81. The minimum absolute atomic E-state index is 0.680. The van der Waals surface area contributed by atoms with Crippen LogP contribution in [0.15, 0.2) is 78.9 Å². The van der Waals surface area contributed by atoms with E-state index in [9.17, 15) is 0 Å². The average Bonchev–Trinajstić information content (AvgIpc) is 3.59. The van der Waals surface area contributed by atoms with Crippen LogP contribution in [0.4, 0.5) is 0 Å². The van der Waals surface area contributed by atoms with Crippen LogP contribution in [0.3, 0.4) is 0 Å². The highest BCUT2D eigenvalue weighted by molar-refractivity contribution is 6.34.